The van der Waals surface area contributed by atoms with Gasteiger partial charge < -0.3 is 4.52 Å². The highest BCUT2D eigenvalue weighted by atomic mass is 79.9. The Balaban J connectivity index is 2.57. The summed E-state index contributed by atoms with van der Waals surface area (Å²) in [7, 11) is 0. The fourth-order valence-electron chi connectivity index (χ4n) is 1.04. The molecule has 0 aliphatic heterocycles. The van der Waals surface area contributed by atoms with Crippen LogP contribution in [0.4, 0.5) is 0 Å². The van der Waals surface area contributed by atoms with E-state index in [9.17, 15) is 0 Å². The van der Waals surface area contributed by atoms with E-state index in [-0.39, 0.29) is 0 Å². The van der Waals surface area contributed by atoms with Gasteiger partial charge in [-0.15, -0.1) is 0 Å². The lowest BCUT2D eigenvalue weighted by atomic mass is 10.2. The highest BCUT2D eigenvalue weighted by Crippen LogP contribution is 2.30. The number of aromatic nitrogens is 1. The van der Waals surface area contributed by atoms with E-state index in [1.54, 1.807) is 12.3 Å². The fraction of sp³-hybridized carbons (Fsp3) is 0. The maximum atomic E-state index is 5.85. The van der Waals surface area contributed by atoms with E-state index in [0.717, 1.165) is 10.0 Å². The maximum Gasteiger partial charge on any atom is 0.168 e. The second-order valence-electron chi connectivity index (χ2n) is 2.50. The van der Waals surface area contributed by atoms with Gasteiger partial charge in [0.15, 0.2) is 5.76 Å². The largest absolute Gasteiger partial charge is 0.356 e. The number of rotatable bonds is 1. The van der Waals surface area contributed by atoms with Gasteiger partial charge in [0.2, 0.25) is 0 Å². The standard InChI is InChI=1S/C9H5BrClNO/c10-8-2-1-6(11)5-7(8)9-3-4-12-13-9/h1-5H. The predicted molar refractivity (Wildman–Crippen MR) is 54.6 cm³/mol. The molecule has 0 aliphatic rings. The van der Waals surface area contributed by atoms with Crippen molar-refractivity contribution < 1.29 is 4.52 Å². The smallest absolute Gasteiger partial charge is 0.168 e. The topological polar surface area (TPSA) is 26.0 Å². The number of benzene rings is 1. The molecule has 0 unspecified atom stereocenters. The molecule has 2 nitrogen and oxygen atoms in total. The Morgan fingerprint density at radius 1 is 1.31 bits per heavy atom. The third kappa shape index (κ3) is 1.76. The van der Waals surface area contributed by atoms with E-state index >= 15 is 0 Å². The van der Waals surface area contributed by atoms with Crippen LogP contribution in [-0.4, -0.2) is 5.16 Å². The van der Waals surface area contributed by atoms with Crippen LogP contribution in [0.25, 0.3) is 11.3 Å². The van der Waals surface area contributed by atoms with Crippen molar-refractivity contribution in [3.8, 4) is 11.3 Å². The highest BCUT2D eigenvalue weighted by molar-refractivity contribution is 9.10. The van der Waals surface area contributed by atoms with E-state index in [1.807, 2.05) is 18.2 Å². The lowest BCUT2D eigenvalue weighted by Gasteiger charge is -1.99. The van der Waals surface area contributed by atoms with E-state index in [1.165, 1.54) is 0 Å². The Kier molecular flexibility index (Phi) is 2.38. The molecule has 4 heteroatoms. The normalized spacial score (nSPS) is 10.3. The van der Waals surface area contributed by atoms with Crippen molar-refractivity contribution in [2.75, 3.05) is 0 Å². The van der Waals surface area contributed by atoms with Gasteiger partial charge in [0, 0.05) is 21.1 Å². The lowest BCUT2D eigenvalue weighted by molar-refractivity contribution is 0.432. The van der Waals surface area contributed by atoms with Crippen molar-refractivity contribution in [2.45, 2.75) is 0 Å². The van der Waals surface area contributed by atoms with Crippen LogP contribution in [0, 0.1) is 0 Å². The summed E-state index contributed by atoms with van der Waals surface area (Å²) >= 11 is 9.26. The first-order valence-electron chi connectivity index (χ1n) is 3.63. The molecule has 2 aromatic rings. The number of nitrogens with zero attached hydrogens (tertiary/aromatic N) is 1. The summed E-state index contributed by atoms with van der Waals surface area (Å²) in [5.74, 6) is 0.703. The van der Waals surface area contributed by atoms with Crippen LogP contribution in [0.1, 0.15) is 0 Å². The van der Waals surface area contributed by atoms with Crippen LogP contribution in [0.15, 0.2) is 39.5 Å². The van der Waals surface area contributed by atoms with Crippen LogP contribution in [0.2, 0.25) is 5.02 Å². The minimum absolute atomic E-state index is 0.676. The molecule has 0 saturated heterocycles. The average Bonchev–Trinajstić information content (AvgIpc) is 2.61. The van der Waals surface area contributed by atoms with Crippen LogP contribution in [0.5, 0.6) is 0 Å². The summed E-state index contributed by atoms with van der Waals surface area (Å²) in [4.78, 5) is 0. The Morgan fingerprint density at radius 2 is 2.15 bits per heavy atom. The Bertz CT molecular complexity index is 414. The molecular formula is C9H5BrClNO. The molecule has 2 rings (SSSR count). The Hall–Kier alpha value is -0.800. The summed E-state index contributed by atoms with van der Waals surface area (Å²) in [5.41, 5.74) is 0.907. The zero-order chi connectivity index (χ0) is 9.26. The van der Waals surface area contributed by atoms with E-state index in [0.29, 0.717) is 10.8 Å². The molecule has 1 heterocycles. The van der Waals surface area contributed by atoms with Crippen molar-refractivity contribution in [1.82, 2.24) is 5.16 Å². The molecule has 0 fully saturated rings. The third-order valence-electron chi connectivity index (χ3n) is 1.63. The fourth-order valence-corrected chi connectivity index (χ4v) is 1.66. The van der Waals surface area contributed by atoms with Crippen molar-refractivity contribution in [3.05, 3.63) is 40.0 Å². The molecule has 1 aromatic heterocycles. The Labute approximate surface area is 88.6 Å². The van der Waals surface area contributed by atoms with Crippen LogP contribution in [0.3, 0.4) is 0 Å². The minimum atomic E-state index is 0.676. The van der Waals surface area contributed by atoms with Gasteiger partial charge in [0.25, 0.3) is 0 Å². The Morgan fingerprint density at radius 3 is 2.85 bits per heavy atom. The van der Waals surface area contributed by atoms with Crippen LogP contribution < -0.4 is 0 Å². The summed E-state index contributed by atoms with van der Waals surface area (Å²) in [6.45, 7) is 0. The molecule has 0 amide bonds. The molecule has 0 N–H and O–H groups in total. The highest BCUT2D eigenvalue weighted by Gasteiger charge is 2.06. The van der Waals surface area contributed by atoms with Crippen LogP contribution >= 0.6 is 27.5 Å². The molecule has 0 saturated carbocycles. The van der Waals surface area contributed by atoms with Crippen molar-refractivity contribution in [1.29, 1.82) is 0 Å². The van der Waals surface area contributed by atoms with Crippen molar-refractivity contribution in [2.24, 2.45) is 0 Å². The molecule has 13 heavy (non-hydrogen) atoms. The van der Waals surface area contributed by atoms with Gasteiger partial charge in [-0.2, -0.15) is 0 Å². The molecule has 0 aliphatic carbocycles. The zero-order valence-corrected chi connectivity index (χ0v) is 8.84. The average molecular weight is 259 g/mol. The number of hydrogen-bond donors (Lipinski definition) is 0. The van der Waals surface area contributed by atoms with E-state index in [4.69, 9.17) is 16.1 Å². The van der Waals surface area contributed by atoms with Gasteiger partial charge in [-0.3, -0.25) is 0 Å². The summed E-state index contributed by atoms with van der Waals surface area (Å²) in [6.07, 6.45) is 1.60. The van der Waals surface area contributed by atoms with Gasteiger partial charge in [-0.05, 0) is 18.2 Å². The van der Waals surface area contributed by atoms with Crippen molar-refractivity contribution in [3.63, 3.8) is 0 Å². The molecule has 1 aromatic carbocycles. The van der Waals surface area contributed by atoms with Gasteiger partial charge >= 0.3 is 0 Å². The lowest BCUT2D eigenvalue weighted by Crippen LogP contribution is -1.76. The van der Waals surface area contributed by atoms with Gasteiger partial charge in [0.05, 0.1) is 6.20 Å². The van der Waals surface area contributed by atoms with Crippen molar-refractivity contribution >= 4 is 27.5 Å². The molecule has 0 spiro atoms. The monoisotopic (exact) mass is 257 g/mol. The first-order chi connectivity index (χ1) is 6.27. The second kappa shape index (κ2) is 3.52. The number of halogens is 2. The molecule has 0 bridgehead atoms. The summed E-state index contributed by atoms with van der Waals surface area (Å²) in [5, 5.41) is 4.31. The molecule has 0 radical (unpaired) electrons. The summed E-state index contributed by atoms with van der Waals surface area (Å²) < 4.78 is 5.96. The van der Waals surface area contributed by atoms with Gasteiger partial charge in [0.1, 0.15) is 0 Å². The van der Waals surface area contributed by atoms with E-state index < -0.39 is 0 Å². The SMILES string of the molecule is Clc1ccc(Br)c(-c2ccno2)c1. The quantitative estimate of drug-likeness (QED) is 0.778. The zero-order valence-electron chi connectivity index (χ0n) is 6.50. The predicted octanol–water partition coefficient (Wildman–Crippen LogP) is 3.76. The maximum absolute atomic E-state index is 5.85. The van der Waals surface area contributed by atoms with E-state index in [2.05, 4.69) is 21.1 Å². The molecule has 66 valence electrons. The summed E-state index contributed by atoms with van der Waals surface area (Å²) in [6, 6.07) is 7.30. The first-order valence-corrected chi connectivity index (χ1v) is 4.80. The minimum Gasteiger partial charge on any atom is -0.356 e. The molecular weight excluding hydrogens is 253 g/mol. The first kappa shape index (κ1) is 8.78. The van der Waals surface area contributed by atoms with Gasteiger partial charge in [-0.25, -0.2) is 0 Å². The second-order valence-corrected chi connectivity index (χ2v) is 3.79. The molecule has 0 atom stereocenters. The van der Waals surface area contributed by atoms with Gasteiger partial charge in [-0.1, -0.05) is 32.7 Å². The third-order valence-corrected chi connectivity index (χ3v) is 2.56. The number of hydrogen-bond acceptors (Lipinski definition) is 2. The van der Waals surface area contributed by atoms with Crippen LogP contribution in [-0.2, 0) is 0 Å².